The molecular weight excluding hydrogens is 459 g/mol. The summed E-state index contributed by atoms with van der Waals surface area (Å²) in [4.78, 5) is 14.4. The fourth-order valence-electron chi connectivity index (χ4n) is 3.20. The molecule has 0 bridgehead atoms. The SMILES string of the molecule is COC(CNc1c(C#N)c(=N)n(C)c(=S)n1C)CN(Cc1ccc(F)cc1)C(=O)OC(C)(C)C. The molecule has 0 aliphatic carbocycles. The first-order valence-corrected chi connectivity index (χ1v) is 11.0. The molecule has 0 saturated heterocycles. The van der Waals surface area contributed by atoms with Crippen molar-refractivity contribution in [2.24, 2.45) is 14.1 Å². The van der Waals surface area contributed by atoms with Crippen LogP contribution in [0.2, 0.25) is 0 Å². The van der Waals surface area contributed by atoms with E-state index in [9.17, 15) is 14.4 Å². The average molecular weight is 491 g/mol. The minimum atomic E-state index is -0.696. The molecule has 0 radical (unpaired) electrons. The average Bonchev–Trinajstić information content (AvgIpc) is 2.77. The number of ether oxygens (including phenoxy) is 2. The molecule has 2 aromatic rings. The number of rotatable bonds is 8. The molecule has 1 atom stereocenters. The number of methoxy groups -OCH3 is 1. The summed E-state index contributed by atoms with van der Waals surface area (Å²) in [5.41, 5.74) is 0.175. The zero-order valence-corrected chi connectivity index (χ0v) is 21.1. The van der Waals surface area contributed by atoms with Gasteiger partial charge >= 0.3 is 6.09 Å². The molecular formula is C23H31FN6O3S. The fraction of sp³-hybridized carbons (Fsp3) is 0.478. The van der Waals surface area contributed by atoms with Gasteiger partial charge in [-0.1, -0.05) is 12.1 Å². The number of carbonyl (C=O) groups is 1. The van der Waals surface area contributed by atoms with Crippen LogP contribution in [0.1, 0.15) is 31.9 Å². The summed E-state index contributed by atoms with van der Waals surface area (Å²) < 4.78 is 27.9. The number of nitrogens with zero attached hydrogens (tertiary/aromatic N) is 4. The van der Waals surface area contributed by atoms with Crippen molar-refractivity contribution in [2.75, 3.05) is 25.5 Å². The largest absolute Gasteiger partial charge is 0.444 e. The predicted octanol–water partition coefficient (Wildman–Crippen LogP) is 3.45. The first-order chi connectivity index (χ1) is 15.9. The summed E-state index contributed by atoms with van der Waals surface area (Å²) in [6.07, 6.45) is -1.02. The van der Waals surface area contributed by atoms with Gasteiger partial charge in [-0.3, -0.25) is 5.41 Å². The summed E-state index contributed by atoms with van der Waals surface area (Å²) in [5.74, 6) is 0.0267. The van der Waals surface area contributed by atoms with Crippen molar-refractivity contribution >= 4 is 24.1 Å². The van der Waals surface area contributed by atoms with E-state index in [1.807, 2.05) is 6.07 Å². The molecule has 2 rings (SSSR count). The molecule has 34 heavy (non-hydrogen) atoms. The van der Waals surface area contributed by atoms with Crippen LogP contribution in [0, 0.1) is 27.3 Å². The van der Waals surface area contributed by atoms with Crippen LogP contribution in [0.15, 0.2) is 24.3 Å². The summed E-state index contributed by atoms with van der Waals surface area (Å²) in [7, 11) is 4.85. The second-order valence-electron chi connectivity index (χ2n) is 8.81. The van der Waals surface area contributed by atoms with Gasteiger partial charge in [0, 0.05) is 34.3 Å². The Bertz CT molecular complexity index is 1180. The Labute approximate surface area is 203 Å². The van der Waals surface area contributed by atoms with Gasteiger partial charge in [-0.25, -0.2) is 9.18 Å². The van der Waals surface area contributed by atoms with Crippen molar-refractivity contribution in [2.45, 2.75) is 39.0 Å². The van der Waals surface area contributed by atoms with Crippen LogP contribution in [0.25, 0.3) is 0 Å². The maximum absolute atomic E-state index is 13.3. The topological polar surface area (TPSA) is 108 Å². The number of hydrogen-bond donors (Lipinski definition) is 2. The van der Waals surface area contributed by atoms with Gasteiger partial charge in [0.05, 0.1) is 12.6 Å². The molecule has 11 heteroatoms. The van der Waals surface area contributed by atoms with Crippen LogP contribution in [0.4, 0.5) is 15.0 Å². The van der Waals surface area contributed by atoms with E-state index in [2.05, 4.69) is 5.32 Å². The Morgan fingerprint density at radius 2 is 1.91 bits per heavy atom. The van der Waals surface area contributed by atoms with Crippen LogP contribution in [-0.2, 0) is 30.1 Å². The minimum absolute atomic E-state index is 0.00578. The van der Waals surface area contributed by atoms with E-state index in [1.165, 1.54) is 28.7 Å². The molecule has 0 fully saturated rings. The van der Waals surface area contributed by atoms with Gasteiger partial charge in [0.1, 0.15) is 34.4 Å². The van der Waals surface area contributed by atoms with Crippen molar-refractivity contribution in [1.29, 1.82) is 10.7 Å². The number of benzene rings is 1. The Kier molecular flexibility index (Phi) is 8.95. The van der Waals surface area contributed by atoms with Gasteiger partial charge in [-0.15, -0.1) is 0 Å². The highest BCUT2D eigenvalue weighted by molar-refractivity contribution is 7.71. The second kappa shape index (κ2) is 11.3. The van der Waals surface area contributed by atoms with Crippen molar-refractivity contribution in [1.82, 2.24) is 14.0 Å². The highest BCUT2D eigenvalue weighted by Gasteiger charge is 2.25. The quantitative estimate of drug-likeness (QED) is 0.549. The number of halogens is 1. The first kappa shape index (κ1) is 27.0. The maximum Gasteiger partial charge on any atom is 0.410 e. The van der Waals surface area contributed by atoms with E-state index in [-0.39, 0.29) is 36.5 Å². The molecule has 0 aliphatic heterocycles. The van der Waals surface area contributed by atoms with Gasteiger partial charge in [0.25, 0.3) is 0 Å². The summed E-state index contributed by atoms with van der Waals surface area (Å²) >= 11 is 5.35. The molecule has 184 valence electrons. The van der Waals surface area contributed by atoms with Crippen LogP contribution in [-0.4, -0.2) is 52.0 Å². The third-order valence-electron chi connectivity index (χ3n) is 5.02. The lowest BCUT2D eigenvalue weighted by atomic mass is 10.2. The van der Waals surface area contributed by atoms with Crippen molar-refractivity contribution in [3.8, 4) is 6.07 Å². The predicted molar refractivity (Wildman–Crippen MR) is 128 cm³/mol. The van der Waals surface area contributed by atoms with Gasteiger partial charge in [-0.05, 0) is 50.7 Å². The van der Waals surface area contributed by atoms with E-state index in [4.69, 9.17) is 27.1 Å². The van der Waals surface area contributed by atoms with Crippen LogP contribution >= 0.6 is 12.2 Å². The van der Waals surface area contributed by atoms with E-state index >= 15 is 0 Å². The van der Waals surface area contributed by atoms with Crippen molar-refractivity contribution in [3.63, 3.8) is 0 Å². The molecule has 2 N–H and O–H groups in total. The van der Waals surface area contributed by atoms with E-state index in [0.29, 0.717) is 10.6 Å². The summed E-state index contributed by atoms with van der Waals surface area (Å²) in [6, 6.07) is 7.93. The van der Waals surface area contributed by atoms with E-state index in [0.717, 1.165) is 5.56 Å². The second-order valence-corrected chi connectivity index (χ2v) is 9.18. The van der Waals surface area contributed by atoms with E-state index < -0.39 is 17.8 Å². The molecule has 9 nitrogen and oxygen atoms in total. The smallest absolute Gasteiger partial charge is 0.410 e. The molecule has 1 heterocycles. The molecule has 1 amide bonds. The molecule has 1 aromatic carbocycles. The third kappa shape index (κ3) is 6.88. The molecule has 0 saturated carbocycles. The first-order valence-electron chi connectivity index (χ1n) is 10.6. The fourth-order valence-corrected chi connectivity index (χ4v) is 3.38. The number of nitrogens with one attached hydrogen (secondary N) is 2. The maximum atomic E-state index is 13.3. The zero-order chi connectivity index (χ0) is 25.6. The lowest BCUT2D eigenvalue weighted by Gasteiger charge is -2.30. The molecule has 0 aliphatic rings. The lowest BCUT2D eigenvalue weighted by Crippen LogP contribution is -2.43. The van der Waals surface area contributed by atoms with E-state index in [1.54, 1.807) is 51.6 Å². The Morgan fingerprint density at radius 1 is 1.29 bits per heavy atom. The summed E-state index contributed by atoms with van der Waals surface area (Å²) in [6.45, 7) is 5.92. The van der Waals surface area contributed by atoms with Gasteiger partial charge in [0.15, 0.2) is 4.77 Å². The standard InChI is InChI=1S/C23H31FN6O3S/c1-23(2,3)33-22(31)30(13-15-7-9-16(24)10-8-15)14-17(32-6)12-27-20-18(11-25)19(26)28(4)21(34)29(20)5/h7-10,17,26-27H,12-14H2,1-6H3. The summed E-state index contributed by atoms with van der Waals surface area (Å²) in [5, 5.41) is 20.9. The third-order valence-corrected chi connectivity index (χ3v) is 5.57. The van der Waals surface area contributed by atoms with Crippen LogP contribution in [0.5, 0.6) is 0 Å². The number of hydrogen-bond acceptors (Lipinski definition) is 7. The van der Waals surface area contributed by atoms with Crippen molar-refractivity contribution < 1.29 is 18.7 Å². The molecule has 1 aromatic heterocycles. The lowest BCUT2D eigenvalue weighted by molar-refractivity contribution is 0.00813. The Hall–Kier alpha value is -3.23. The number of carbonyl (C=O) groups excluding carboxylic acids is 1. The number of amides is 1. The van der Waals surface area contributed by atoms with Gasteiger partial charge in [-0.2, -0.15) is 5.26 Å². The number of anilines is 1. The Morgan fingerprint density at radius 3 is 2.44 bits per heavy atom. The van der Waals surface area contributed by atoms with Crippen LogP contribution < -0.4 is 10.8 Å². The monoisotopic (exact) mass is 490 g/mol. The zero-order valence-electron chi connectivity index (χ0n) is 20.3. The number of aromatic nitrogens is 2. The van der Waals surface area contributed by atoms with Crippen molar-refractivity contribution in [3.05, 3.63) is 51.5 Å². The minimum Gasteiger partial charge on any atom is -0.444 e. The highest BCUT2D eigenvalue weighted by Crippen LogP contribution is 2.16. The number of nitriles is 1. The molecule has 0 spiro atoms. The van der Waals surface area contributed by atoms with Gasteiger partial charge in [0.2, 0.25) is 0 Å². The van der Waals surface area contributed by atoms with Gasteiger partial charge < -0.3 is 28.8 Å². The highest BCUT2D eigenvalue weighted by atomic mass is 32.1. The normalized spacial score (nSPS) is 12.1. The van der Waals surface area contributed by atoms with Crippen LogP contribution in [0.3, 0.4) is 0 Å². The Balaban J connectivity index is 2.27. The molecule has 1 unspecified atom stereocenters.